The third-order valence-electron chi connectivity index (χ3n) is 7.86. The van der Waals surface area contributed by atoms with Crippen LogP contribution in [0.4, 0.5) is 11.4 Å². The first-order valence-corrected chi connectivity index (χ1v) is 11.5. The summed E-state index contributed by atoms with van der Waals surface area (Å²) in [5, 5.41) is 3.57. The molecule has 4 aliphatic heterocycles. The Hall–Kier alpha value is -2.70. The predicted octanol–water partition coefficient (Wildman–Crippen LogP) is 3.70. The molecule has 1 N–H and O–H groups in total. The van der Waals surface area contributed by atoms with Crippen LogP contribution in [0.15, 0.2) is 30.3 Å². The number of carbonyl (C=O) groups excluding carboxylic acids is 3. The first kappa shape index (κ1) is 19.9. The Kier molecular flexibility index (Phi) is 4.00. The second-order valence-corrected chi connectivity index (χ2v) is 10.0. The number of hydrogen-bond donors (Lipinski definition) is 1. The van der Waals surface area contributed by atoms with Crippen LogP contribution in [0.1, 0.15) is 35.1 Å². The summed E-state index contributed by atoms with van der Waals surface area (Å²) in [4.78, 5) is 45.0. The highest BCUT2D eigenvalue weighted by Gasteiger charge is 2.74. The number of nitrogens with one attached hydrogen (secondary N) is 1. The van der Waals surface area contributed by atoms with Crippen molar-refractivity contribution >= 4 is 40.7 Å². The van der Waals surface area contributed by atoms with Gasteiger partial charge >= 0.3 is 0 Å². The maximum atomic E-state index is 14.0. The summed E-state index contributed by atoms with van der Waals surface area (Å²) in [5.41, 5.74) is 3.67. The van der Waals surface area contributed by atoms with Crippen LogP contribution in [0.3, 0.4) is 0 Å². The highest BCUT2D eigenvalue weighted by atomic mass is 35.5. The third-order valence-corrected chi connectivity index (χ3v) is 8.08. The lowest BCUT2D eigenvalue weighted by Crippen LogP contribution is -2.54. The smallest absolute Gasteiger partial charge is 0.250 e. The maximum absolute atomic E-state index is 14.0. The molecule has 6 rings (SSSR count). The van der Waals surface area contributed by atoms with Crippen LogP contribution in [0.25, 0.3) is 0 Å². The molecule has 0 saturated carbocycles. The molecule has 3 saturated heterocycles. The molecule has 164 valence electrons. The third kappa shape index (κ3) is 2.22. The van der Waals surface area contributed by atoms with Gasteiger partial charge in [-0.2, -0.15) is 0 Å². The van der Waals surface area contributed by atoms with Crippen LogP contribution < -0.4 is 10.2 Å². The topological polar surface area (TPSA) is 69.7 Å². The van der Waals surface area contributed by atoms with Gasteiger partial charge in [0.1, 0.15) is 5.54 Å². The molecule has 3 amide bonds. The van der Waals surface area contributed by atoms with Gasteiger partial charge in [0.25, 0.3) is 0 Å². The van der Waals surface area contributed by atoms with E-state index in [-0.39, 0.29) is 23.8 Å². The van der Waals surface area contributed by atoms with Gasteiger partial charge in [0.2, 0.25) is 17.7 Å². The zero-order valence-corrected chi connectivity index (χ0v) is 19.0. The second kappa shape index (κ2) is 6.42. The van der Waals surface area contributed by atoms with Gasteiger partial charge in [-0.3, -0.25) is 19.3 Å². The molecule has 4 atom stereocenters. The van der Waals surface area contributed by atoms with Crippen LogP contribution >= 0.6 is 11.6 Å². The van der Waals surface area contributed by atoms with E-state index in [4.69, 9.17) is 11.6 Å². The molecule has 0 radical (unpaired) electrons. The predicted molar refractivity (Wildman–Crippen MR) is 122 cm³/mol. The number of benzene rings is 2. The van der Waals surface area contributed by atoms with Gasteiger partial charge in [-0.1, -0.05) is 29.3 Å². The Morgan fingerprint density at radius 3 is 2.56 bits per heavy atom. The van der Waals surface area contributed by atoms with Crippen molar-refractivity contribution in [1.82, 2.24) is 4.90 Å². The number of nitrogens with zero attached hydrogens (tertiary/aromatic N) is 2. The number of aryl methyl sites for hydroxylation is 3. The summed E-state index contributed by atoms with van der Waals surface area (Å²) < 4.78 is 0. The number of carbonyl (C=O) groups is 3. The van der Waals surface area contributed by atoms with E-state index in [1.807, 2.05) is 45.0 Å². The lowest BCUT2D eigenvalue weighted by atomic mass is 9.75. The summed E-state index contributed by atoms with van der Waals surface area (Å²) in [5.74, 6) is -2.01. The SMILES string of the molecule is Cc1ccc(N2C(=O)[C@H]3[C@@H](C2=O)[C@]2(C(=O)Nc4c(C)cc(Cl)cc42)N2CCC[C@@H]32)c(C)c1. The molecule has 0 aliphatic carbocycles. The zero-order valence-electron chi connectivity index (χ0n) is 18.2. The minimum absolute atomic E-state index is 0.136. The number of halogens is 1. The summed E-state index contributed by atoms with van der Waals surface area (Å²) in [6.07, 6.45) is 1.69. The minimum Gasteiger partial charge on any atom is -0.324 e. The molecule has 4 heterocycles. The number of imide groups is 1. The summed E-state index contributed by atoms with van der Waals surface area (Å²) in [7, 11) is 0. The Balaban J connectivity index is 1.58. The molecular formula is C25H24ClN3O3. The molecule has 1 spiro atoms. The normalized spacial score (nSPS) is 30.8. The van der Waals surface area contributed by atoms with Crippen LogP contribution in [-0.4, -0.2) is 35.2 Å². The number of amides is 3. The maximum Gasteiger partial charge on any atom is 0.250 e. The van der Waals surface area contributed by atoms with E-state index in [1.165, 1.54) is 4.90 Å². The Bertz CT molecular complexity index is 1240. The molecule has 4 aliphatic rings. The highest BCUT2D eigenvalue weighted by Crippen LogP contribution is 2.61. The molecule has 32 heavy (non-hydrogen) atoms. The Morgan fingerprint density at radius 2 is 1.81 bits per heavy atom. The number of anilines is 2. The molecule has 6 nitrogen and oxygen atoms in total. The van der Waals surface area contributed by atoms with Gasteiger partial charge in [0, 0.05) is 22.3 Å². The van der Waals surface area contributed by atoms with Gasteiger partial charge in [-0.05, 0) is 69.5 Å². The molecule has 0 unspecified atom stereocenters. The van der Waals surface area contributed by atoms with Crippen molar-refractivity contribution < 1.29 is 14.4 Å². The molecule has 2 aromatic rings. The van der Waals surface area contributed by atoms with E-state index in [9.17, 15) is 14.4 Å². The van der Waals surface area contributed by atoms with Crippen molar-refractivity contribution in [1.29, 1.82) is 0 Å². The van der Waals surface area contributed by atoms with Crippen molar-refractivity contribution in [2.45, 2.75) is 45.2 Å². The Labute approximate surface area is 191 Å². The molecular weight excluding hydrogens is 426 g/mol. The van der Waals surface area contributed by atoms with E-state index in [0.29, 0.717) is 17.3 Å². The summed E-state index contributed by atoms with van der Waals surface area (Å²) in [6, 6.07) is 9.21. The molecule has 3 fully saturated rings. The Morgan fingerprint density at radius 1 is 1.03 bits per heavy atom. The first-order valence-electron chi connectivity index (χ1n) is 11.1. The standard InChI is InChI=1S/C25H24ClN3O3/c1-12-6-7-17(13(2)9-12)29-22(30)19-18-5-4-8-28(18)25(20(19)23(29)31)16-11-15(26)10-14(3)21(16)27-24(25)32/h6-7,9-11,18-20H,4-5,8H2,1-3H3,(H,27,32)/t18-,19+,20-,25+/m0/s1. The van der Waals surface area contributed by atoms with Crippen LogP contribution in [-0.2, 0) is 19.9 Å². The fourth-order valence-electron chi connectivity index (χ4n) is 6.73. The number of fused-ring (bicyclic) bond motifs is 7. The second-order valence-electron chi connectivity index (χ2n) is 9.57. The van der Waals surface area contributed by atoms with E-state index in [0.717, 1.165) is 40.8 Å². The van der Waals surface area contributed by atoms with Crippen molar-refractivity contribution in [3.63, 3.8) is 0 Å². The van der Waals surface area contributed by atoms with Gasteiger partial charge in [-0.15, -0.1) is 0 Å². The zero-order chi connectivity index (χ0) is 22.5. The fraction of sp³-hybridized carbons (Fsp3) is 0.400. The van der Waals surface area contributed by atoms with Crippen LogP contribution in [0.2, 0.25) is 5.02 Å². The monoisotopic (exact) mass is 449 g/mol. The molecule has 0 aromatic heterocycles. The summed E-state index contributed by atoms with van der Waals surface area (Å²) >= 11 is 6.43. The number of rotatable bonds is 1. The van der Waals surface area contributed by atoms with Crippen molar-refractivity contribution in [2.24, 2.45) is 11.8 Å². The van der Waals surface area contributed by atoms with Crippen molar-refractivity contribution in [3.8, 4) is 0 Å². The quantitative estimate of drug-likeness (QED) is 0.674. The largest absolute Gasteiger partial charge is 0.324 e. The van der Waals surface area contributed by atoms with Crippen molar-refractivity contribution in [2.75, 3.05) is 16.8 Å². The minimum atomic E-state index is -1.20. The van der Waals surface area contributed by atoms with Crippen LogP contribution in [0.5, 0.6) is 0 Å². The highest BCUT2D eigenvalue weighted by molar-refractivity contribution is 6.31. The molecule has 7 heteroatoms. The molecule has 0 bridgehead atoms. The lowest BCUT2D eigenvalue weighted by Gasteiger charge is -2.37. The van der Waals surface area contributed by atoms with Gasteiger partial charge in [-0.25, -0.2) is 4.90 Å². The van der Waals surface area contributed by atoms with Gasteiger partial charge in [0.15, 0.2) is 0 Å². The number of hydrogen-bond acceptors (Lipinski definition) is 4. The van der Waals surface area contributed by atoms with E-state index in [1.54, 1.807) is 6.07 Å². The fourth-order valence-corrected chi connectivity index (χ4v) is 7.00. The average Bonchev–Trinajstić information content (AvgIpc) is 3.42. The van der Waals surface area contributed by atoms with E-state index >= 15 is 0 Å². The van der Waals surface area contributed by atoms with Gasteiger partial charge in [0.05, 0.1) is 17.5 Å². The average molecular weight is 450 g/mol. The molecule has 2 aromatic carbocycles. The van der Waals surface area contributed by atoms with E-state index in [2.05, 4.69) is 10.2 Å². The van der Waals surface area contributed by atoms with Crippen molar-refractivity contribution in [3.05, 3.63) is 57.6 Å². The van der Waals surface area contributed by atoms with E-state index < -0.39 is 17.4 Å². The van der Waals surface area contributed by atoms with Gasteiger partial charge < -0.3 is 5.32 Å². The summed E-state index contributed by atoms with van der Waals surface area (Å²) in [6.45, 7) is 6.48. The van der Waals surface area contributed by atoms with Crippen LogP contribution in [0, 0.1) is 32.6 Å². The lowest BCUT2D eigenvalue weighted by molar-refractivity contribution is -0.135. The first-order chi connectivity index (χ1) is 15.3.